The van der Waals surface area contributed by atoms with Gasteiger partial charge >= 0.3 is 0 Å². The van der Waals surface area contributed by atoms with E-state index in [0.29, 0.717) is 12.2 Å². The topological polar surface area (TPSA) is 21.3 Å². The second kappa shape index (κ2) is 7.56. The molecule has 2 nitrogen and oxygen atoms in total. The largest absolute Gasteiger partial charge is 0.494 e. The number of allylic oxidation sites excluding steroid dienone is 2. The Morgan fingerprint density at radius 1 is 1.00 bits per heavy atom. The van der Waals surface area contributed by atoms with Crippen LogP contribution in [0.5, 0.6) is 5.75 Å². The second-order valence-corrected chi connectivity index (χ2v) is 6.21. The fourth-order valence-corrected chi connectivity index (χ4v) is 2.79. The lowest BCUT2D eigenvalue weighted by Gasteiger charge is -2.26. The molecule has 0 aliphatic carbocycles. The van der Waals surface area contributed by atoms with Crippen LogP contribution in [0.25, 0.3) is 5.57 Å². The molecule has 0 aromatic heterocycles. The van der Waals surface area contributed by atoms with E-state index in [9.17, 15) is 0 Å². The molecule has 1 heterocycles. The average Bonchev–Trinajstić information content (AvgIpc) is 2.67. The van der Waals surface area contributed by atoms with Crippen LogP contribution in [0.4, 0.5) is 4.39 Å². The molecular formula is C22H24FNO. The highest BCUT2D eigenvalue weighted by Crippen LogP contribution is 2.31. The van der Waals surface area contributed by atoms with Crippen molar-refractivity contribution in [1.29, 1.82) is 0 Å². The molecule has 0 saturated heterocycles. The summed E-state index contributed by atoms with van der Waals surface area (Å²) in [5.74, 6) is -0.810. The summed E-state index contributed by atoms with van der Waals surface area (Å²) in [4.78, 5) is 0. The number of alkyl halides is 1. The summed E-state index contributed by atoms with van der Waals surface area (Å²) in [6.45, 7) is 4.88. The molecule has 1 N–H and O–H groups in total. The maximum atomic E-state index is 15.2. The first-order chi connectivity index (χ1) is 12.1. The molecule has 2 aromatic rings. The Balaban J connectivity index is 1.72. The first-order valence-corrected chi connectivity index (χ1v) is 8.83. The van der Waals surface area contributed by atoms with E-state index in [1.54, 1.807) is 12.3 Å². The van der Waals surface area contributed by atoms with Crippen LogP contribution in [0.15, 0.2) is 66.9 Å². The zero-order valence-electron chi connectivity index (χ0n) is 14.8. The lowest BCUT2D eigenvalue weighted by molar-refractivity contribution is 0.200. The van der Waals surface area contributed by atoms with Gasteiger partial charge in [-0.1, -0.05) is 56.3 Å². The molecule has 0 amide bonds. The molecule has 0 fully saturated rings. The van der Waals surface area contributed by atoms with Gasteiger partial charge in [-0.2, -0.15) is 0 Å². The fourth-order valence-electron chi connectivity index (χ4n) is 2.79. The van der Waals surface area contributed by atoms with Crippen LogP contribution < -0.4 is 10.1 Å². The summed E-state index contributed by atoms with van der Waals surface area (Å²) >= 11 is 0. The van der Waals surface area contributed by atoms with Crippen molar-refractivity contribution in [3.63, 3.8) is 0 Å². The molecule has 3 rings (SSSR count). The molecule has 2 aromatic carbocycles. The van der Waals surface area contributed by atoms with Crippen LogP contribution in [0, 0.1) is 0 Å². The zero-order valence-corrected chi connectivity index (χ0v) is 14.8. The summed E-state index contributed by atoms with van der Waals surface area (Å²) in [7, 11) is 0. The molecule has 1 atom stereocenters. The van der Waals surface area contributed by atoms with Gasteiger partial charge in [0.1, 0.15) is 5.75 Å². The Hall–Kier alpha value is -2.55. The molecule has 130 valence electrons. The van der Waals surface area contributed by atoms with Crippen molar-refractivity contribution in [3.8, 4) is 5.75 Å². The molecule has 25 heavy (non-hydrogen) atoms. The highest BCUT2D eigenvalue weighted by molar-refractivity contribution is 5.75. The van der Waals surface area contributed by atoms with Gasteiger partial charge in [-0.15, -0.1) is 0 Å². The predicted molar refractivity (Wildman–Crippen MR) is 101 cm³/mol. The quantitative estimate of drug-likeness (QED) is 0.716. The molecule has 0 saturated carbocycles. The van der Waals surface area contributed by atoms with E-state index in [0.717, 1.165) is 29.7 Å². The van der Waals surface area contributed by atoms with E-state index in [2.05, 4.69) is 19.2 Å². The Labute approximate surface area is 149 Å². The van der Waals surface area contributed by atoms with Gasteiger partial charge in [-0.05, 0) is 47.8 Å². The molecule has 0 bridgehead atoms. The molecule has 1 aliphatic heterocycles. The van der Waals surface area contributed by atoms with Crippen LogP contribution in [0.2, 0.25) is 0 Å². The molecule has 0 radical (unpaired) electrons. The van der Waals surface area contributed by atoms with Gasteiger partial charge in [-0.25, -0.2) is 4.39 Å². The van der Waals surface area contributed by atoms with Crippen molar-refractivity contribution >= 4 is 5.57 Å². The second-order valence-electron chi connectivity index (χ2n) is 6.21. The highest BCUT2D eigenvalue weighted by atomic mass is 19.1. The molecular weight excluding hydrogens is 313 g/mol. The van der Waals surface area contributed by atoms with Crippen LogP contribution in [0.3, 0.4) is 0 Å². The van der Waals surface area contributed by atoms with Gasteiger partial charge in [0.05, 0.1) is 6.61 Å². The maximum Gasteiger partial charge on any atom is 0.225 e. The average molecular weight is 337 g/mol. The molecule has 0 spiro atoms. The summed E-state index contributed by atoms with van der Waals surface area (Å²) < 4.78 is 20.8. The number of dihydropyridines is 1. The van der Waals surface area contributed by atoms with E-state index >= 15 is 4.39 Å². The summed E-state index contributed by atoms with van der Waals surface area (Å²) in [6.07, 6.45) is 7.06. The van der Waals surface area contributed by atoms with E-state index in [1.807, 2.05) is 54.6 Å². The lowest BCUT2D eigenvalue weighted by Crippen LogP contribution is -2.34. The minimum atomic E-state index is -1.67. The van der Waals surface area contributed by atoms with Gasteiger partial charge in [0.2, 0.25) is 5.79 Å². The normalized spacial score (nSPS) is 19.2. The Bertz CT molecular complexity index is 762. The Kier molecular flexibility index (Phi) is 5.22. The zero-order chi connectivity index (χ0) is 17.7. The van der Waals surface area contributed by atoms with Crippen LogP contribution >= 0.6 is 0 Å². The third-order valence-electron chi connectivity index (χ3n) is 4.37. The molecule has 1 unspecified atom stereocenters. The lowest BCUT2D eigenvalue weighted by atomic mass is 9.96. The SMILES string of the molecule is CCCOc1ccc(C2=CNC(F)(c3ccc(CC)cc3)C=C2)cc1. The predicted octanol–water partition coefficient (Wildman–Crippen LogP) is 5.36. The van der Waals surface area contributed by atoms with Crippen molar-refractivity contribution in [1.82, 2.24) is 5.32 Å². The number of rotatable bonds is 6. The summed E-state index contributed by atoms with van der Waals surface area (Å²) in [5.41, 5.74) is 3.78. The molecule has 3 heteroatoms. The van der Waals surface area contributed by atoms with Gasteiger partial charge in [-0.3, -0.25) is 0 Å². The van der Waals surface area contributed by atoms with Crippen molar-refractivity contribution in [3.05, 3.63) is 83.6 Å². The maximum absolute atomic E-state index is 15.2. The summed E-state index contributed by atoms with van der Waals surface area (Å²) in [6, 6.07) is 15.5. The standard InChI is InChI=1S/C22H24FNO/c1-3-15-25-21-11-7-18(8-12-21)19-13-14-22(23,24-16-19)20-9-5-17(4-2)6-10-20/h5-14,16,24H,3-4,15H2,1-2H3. The van der Waals surface area contributed by atoms with Gasteiger partial charge in [0.25, 0.3) is 0 Å². The monoisotopic (exact) mass is 337 g/mol. The number of hydrogen-bond donors (Lipinski definition) is 1. The van der Waals surface area contributed by atoms with E-state index in [1.165, 1.54) is 5.56 Å². The minimum absolute atomic E-state index is 0.611. The van der Waals surface area contributed by atoms with Crippen LogP contribution in [0.1, 0.15) is 37.0 Å². The van der Waals surface area contributed by atoms with Crippen molar-refractivity contribution < 1.29 is 9.13 Å². The first kappa shape index (κ1) is 17.3. The van der Waals surface area contributed by atoms with E-state index in [4.69, 9.17) is 4.74 Å². The van der Waals surface area contributed by atoms with Gasteiger partial charge in [0.15, 0.2) is 0 Å². The van der Waals surface area contributed by atoms with Crippen molar-refractivity contribution in [2.45, 2.75) is 32.5 Å². The van der Waals surface area contributed by atoms with Crippen molar-refractivity contribution in [2.24, 2.45) is 0 Å². The minimum Gasteiger partial charge on any atom is -0.494 e. The number of ether oxygens (including phenoxy) is 1. The van der Waals surface area contributed by atoms with Crippen LogP contribution in [-0.4, -0.2) is 6.61 Å². The van der Waals surface area contributed by atoms with Gasteiger partial charge in [0, 0.05) is 11.8 Å². The number of halogens is 1. The number of aryl methyl sites for hydroxylation is 1. The van der Waals surface area contributed by atoms with Crippen LogP contribution in [-0.2, 0) is 12.2 Å². The number of nitrogens with one attached hydrogen (secondary N) is 1. The number of hydrogen-bond acceptors (Lipinski definition) is 2. The smallest absolute Gasteiger partial charge is 0.225 e. The summed E-state index contributed by atoms with van der Waals surface area (Å²) in [5, 5.41) is 2.90. The highest BCUT2D eigenvalue weighted by Gasteiger charge is 2.29. The van der Waals surface area contributed by atoms with Crippen molar-refractivity contribution in [2.75, 3.05) is 6.61 Å². The van der Waals surface area contributed by atoms with E-state index in [-0.39, 0.29) is 0 Å². The Morgan fingerprint density at radius 2 is 1.72 bits per heavy atom. The Morgan fingerprint density at radius 3 is 2.28 bits per heavy atom. The number of benzene rings is 2. The fraction of sp³-hybridized carbons (Fsp3) is 0.273. The first-order valence-electron chi connectivity index (χ1n) is 8.83. The third-order valence-corrected chi connectivity index (χ3v) is 4.37. The van der Waals surface area contributed by atoms with Gasteiger partial charge < -0.3 is 10.1 Å². The van der Waals surface area contributed by atoms with E-state index < -0.39 is 5.79 Å². The third kappa shape index (κ3) is 3.93. The molecule has 1 aliphatic rings.